The van der Waals surface area contributed by atoms with Crippen LogP contribution >= 0.6 is 11.8 Å². The van der Waals surface area contributed by atoms with Gasteiger partial charge < -0.3 is 0 Å². The van der Waals surface area contributed by atoms with Crippen LogP contribution in [-0.4, -0.2) is 9.86 Å². The zero-order valence-corrected chi connectivity index (χ0v) is 11.2. The Morgan fingerprint density at radius 3 is 1.93 bits per heavy atom. The van der Waals surface area contributed by atoms with E-state index in [0.29, 0.717) is 11.0 Å². The molecule has 1 aliphatic rings. The van der Waals surface area contributed by atoms with Gasteiger partial charge in [0.25, 0.3) is 0 Å². The van der Waals surface area contributed by atoms with Gasteiger partial charge in [-0.25, -0.2) is 0 Å². The lowest BCUT2D eigenvalue weighted by atomic mass is 9.92. The van der Waals surface area contributed by atoms with Crippen LogP contribution in [0.15, 0.2) is 0 Å². The molecule has 0 aromatic carbocycles. The first-order valence-corrected chi connectivity index (χ1v) is 7.03. The SMILES string of the molecule is CC(C)(C)SC(=O)C1CCCCCCC1. The topological polar surface area (TPSA) is 17.1 Å². The van der Waals surface area contributed by atoms with Gasteiger partial charge in [0, 0.05) is 10.7 Å². The van der Waals surface area contributed by atoms with Gasteiger partial charge in [-0.15, -0.1) is 0 Å². The summed E-state index contributed by atoms with van der Waals surface area (Å²) in [7, 11) is 0. The van der Waals surface area contributed by atoms with Crippen LogP contribution < -0.4 is 0 Å². The molecule has 0 radical (unpaired) electrons. The van der Waals surface area contributed by atoms with Crippen molar-refractivity contribution in [3.8, 4) is 0 Å². The summed E-state index contributed by atoms with van der Waals surface area (Å²) in [5.74, 6) is 0.342. The summed E-state index contributed by atoms with van der Waals surface area (Å²) in [6.45, 7) is 6.37. The number of carbonyl (C=O) groups excluding carboxylic acids is 1. The fourth-order valence-corrected chi connectivity index (χ4v) is 3.08. The molecule has 1 aliphatic carbocycles. The Balaban J connectivity index is 2.42. The van der Waals surface area contributed by atoms with E-state index in [2.05, 4.69) is 20.8 Å². The number of rotatable bonds is 1. The number of thioether (sulfide) groups is 1. The first-order valence-electron chi connectivity index (χ1n) is 6.22. The summed E-state index contributed by atoms with van der Waals surface area (Å²) >= 11 is 1.54. The predicted molar refractivity (Wildman–Crippen MR) is 68.2 cm³/mol. The van der Waals surface area contributed by atoms with E-state index in [1.165, 1.54) is 32.1 Å². The summed E-state index contributed by atoms with van der Waals surface area (Å²) in [4.78, 5) is 12.0. The maximum Gasteiger partial charge on any atom is 0.192 e. The van der Waals surface area contributed by atoms with Crippen molar-refractivity contribution >= 4 is 16.9 Å². The van der Waals surface area contributed by atoms with E-state index < -0.39 is 0 Å². The van der Waals surface area contributed by atoms with Crippen LogP contribution in [0.3, 0.4) is 0 Å². The summed E-state index contributed by atoms with van der Waals surface area (Å²) in [6, 6.07) is 0. The highest BCUT2D eigenvalue weighted by molar-refractivity contribution is 8.14. The molecule has 1 saturated carbocycles. The average molecular weight is 228 g/mol. The van der Waals surface area contributed by atoms with Gasteiger partial charge >= 0.3 is 0 Å². The van der Waals surface area contributed by atoms with E-state index in [4.69, 9.17) is 0 Å². The Bertz CT molecular complexity index is 197. The van der Waals surface area contributed by atoms with E-state index in [1.54, 1.807) is 11.8 Å². The fourth-order valence-electron chi connectivity index (χ4n) is 2.08. The molecule has 15 heavy (non-hydrogen) atoms. The highest BCUT2D eigenvalue weighted by atomic mass is 32.2. The largest absolute Gasteiger partial charge is 0.287 e. The van der Waals surface area contributed by atoms with Crippen LogP contribution in [0.2, 0.25) is 0 Å². The summed E-state index contributed by atoms with van der Waals surface area (Å²) in [5.41, 5.74) is 0. The standard InChI is InChI=1S/C13H24OS/c1-13(2,3)15-12(14)11-9-7-5-4-6-8-10-11/h11H,4-10H2,1-3H3. The molecule has 0 heterocycles. The molecule has 2 heteroatoms. The van der Waals surface area contributed by atoms with Crippen molar-refractivity contribution in [2.45, 2.75) is 70.5 Å². The Morgan fingerprint density at radius 2 is 1.47 bits per heavy atom. The van der Waals surface area contributed by atoms with Crippen molar-refractivity contribution in [1.29, 1.82) is 0 Å². The molecule has 0 bridgehead atoms. The number of carbonyl (C=O) groups is 1. The van der Waals surface area contributed by atoms with Crippen LogP contribution in [-0.2, 0) is 4.79 Å². The van der Waals surface area contributed by atoms with Crippen molar-refractivity contribution in [3.63, 3.8) is 0 Å². The van der Waals surface area contributed by atoms with Crippen molar-refractivity contribution in [3.05, 3.63) is 0 Å². The first kappa shape index (κ1) is 13.1. The second-order valence-corrected chi connectivity index (χ2v) is 7.41. The lowest BCUT2D eigenvalue weighted by Gasteiger charge is -2.22. The fraction of sp³-hybridized carbons (Fsp3) is 0.923. The molecule has 0 spiro atoms. The molecule has 0 amide bonds. The molecule has 1 nitrogen and oxygen atoms in total. The molecule has 0 aromatic heterocycles. The van der Waals surface area contributed by atoms with Crippen LogP contribution in [0.1, 0.15) is 65.7 Å². The minimum atomic E-state index is 0.0828. The molecule has 88 valence electrons. The van der Waals surface area contributed by atoms with Crippen LogP contribution in [0.5, 0.6) is 0 Å². The molecule has 0 unspecified atom stereocenters. The van der Waals surface area contributed by atoms with Gasteiger partial charge in [0.05, 0.1) is 0 Å². The quantitative estimate of drug-likeness (QED) is 0.661. The molecule has 1 fully saturated rings. The number of hydrogen-bond donors (Lipinski definition) is 0. The molecule has 0 N–H and O–H groups in total. The van der Waals surface area contributed by atoms with E-state index in [1.807, 2.05) is 0 Å². The van der Waals surface area contributed by atoms with Crippen molar-refractivity contribution in [1.82, 2.24) is 0 Å². The van der Waals surface area contributed by atoms with E-state index in [-0.39, 0.29) is 4.75 Å². The minimum Gasteiger partial charge on any atom is -0.287 e. The first-order chi connectivity index (χ1) is 6.99. The monoisotopic (exact) mass is 228 g/mol. The Morgan fingerprint density at radius 1 is 1.00 bits per heavy atom. The van der Waals surface area contributed by atoms with Crippen LogP contribution in [0.25, 0.3) is 0 Å². The normalized spacial score (nSPS) is 20.7. The highest BCUT2D eigenvalue weighted by Crippen LogP contribution is 2.32. The smallest absolute Gasteiger partial charge is 0.192 e. The molecule has 0 aliphatic heterocycles. The molecule has 1 rings (SSSR count). The molecular weight excluding hydrogens is 204 g/mol. The summed E-state index contributed by atoms with van der Waals surface area (Å²) in [5, 5.41) is 0.435. The molecular formula is C13H24OS. The lowest BCUT2D eigenvalue weighted by Crippen LogP contribution is -2.19. The van der Waals surface area contributed by atoms with Gasteiger partial charge in [-0.2, -0.15) is 0 Å². The summed E-state index contributed by atoms with van der Waals surface area (Å²) < 4.78 is 0.0828. The van der Waals surface area contributed by atoms with Crippen molar-refractivity contribution in [2.75, 3.05) is 0 Å². The lowest BCUT2D eigenvalue weighted by molar-refractivity contribution is -0.115. The van der Waals surface area contributed by atoms with Gasteiger partial charge in [-0.1, -0.05) is 64.6 Å². The second kappa shape index (κ2) is 5.93. The molecule has 0 atom stereocenters. The minimum absolute atomic E-state index is 0.0828. The van der Waals surface area contributed by atoms with Gasteiger partial charge in [0.15, 0.2) is 5.12 Å². The van der Waals surface area contributed by atoms with Crippen molar-refractivity contribution in [2.24, 2.45) is 5.92 Å². The zero-order valence-electron chi connectivity index (χ0n) is 10.3. The zero-order chi connectivity index (χ0) is 11.3. The Hall–Kier alpha value is 0.0200. The third-order valence-electron chi connectivity index (χ3n) is 2.85. The number of hydrogen-bond acceptors (Lipinski definition) is 2. The van der Waals surface area contributed by atoms with Gasteiger partial charge in [0.1, 0.15) is 0 Å². The maximum atomic E-state index is 12.0. The highest BCUT2D eigenvalue weighted by Gasteiger charge is 2.24. The van der Waals surface area contributed by atoms with Gasteiger partial charge in [-0.3, -0.25) is 4.79 Å². The van der Waals surface area contributed by atoms with E-state index in [9.17, 15) is 4.79 Å². The third-order valence-corrected chi connectivity index (χ3v) is 3.99. The molecule has 0 aromatic rings. The van der Waals surface area contributed by atoms with Crippen molar-refractivity contribution < 1.29 is 4.79 Å². The second-order valence-electron chi connectivity index (χ2n) is 5.58. The van der Waals surface area contributed by atoms with Crippen LogP contribution in [0, 0.1) is 5.92 Å². The van der Waals surface area contributed by atoms with E-state index >= 15 is 0 Å². The predicted octanol–water partition coefficient (Wildman–Crippen LogP) is 4.41. The Labute approximate surface area is 98.4 Å². The van der Waals surface area contributed by atoms with E-state index in [0.717, 1.165) is 12.8 Å². The third kappa shape index (κ3) is 5.60. The Kier molecular flexibility index (Phi) is 5.17. The summed E-state index contributed by atoms with van der Waals surface area (Å²) in [6.07, 6.45) is 8.77. The average Bonchev–Trinajstić information content (AvgIpc) is 1.98. The van der Waals surface area contributed by atoms with Crippen LogP contribution in [0.4, 0.5) is 0 Å². The molecule has 0 saturated heterocycles. The maximum absolute atomic E-state index is 12.0. The van der Waals surface area contributed by atoms with Gasteiger partial charge in [-0.05, 0) is 12.8 Å². The van der Waals surface area contributed by atoms with Gasteiger partial charge in [0.2, 0.25) is 0 Å².